The third-order valence-electron chi connectivity index (χ3n) is 8.82. The predicted octanol–water partition coefficient (Wildman–Crippen LogP) is 4.58. The Bertz CT molecular complexity index is 1430. The highest BCUT2D eigenvalue weighted by Gasteiger charge is 2.72. The van der Waals surface area contributed by atoms with Crippen LogP contribution in [0, 0.1) is 33.3 Å². The van der Waals surface area contributed by atoms with Crippen molar-refractivity contribution >= 4 is 61.6 Å². The number of carbonyl (C=O) groups excluding carboxylic acids is 2. The predicted molar refractivity (Wildman–Crippen MR) is 149 cm³/mol. The summed E-state index contributed by atoms with van der Waals surface area (Å²) in [5.41, 5.74) is 5.46. The standard InChI is InChI=1S/C27H28IN5O2S/c1-13-6-18(28)32-22(21(13)31-14-8-27(9-14)11-29-12-27)16-4-5-30-17-7-15(36-23(16)17)10-33-24(34)19-20(25(33)35)26(19,2)3/h4-7,14,19-20,29,31H,8-12H2,1-3H3. The van der Waals surface area contributed by atoms with Gasteiger partial charge in [0.2, 0.25) is 11.8 Å². The molecule has 5 heterocycles. The Morgan fingerprint density at radius 1 is 1.19 bits per heavy atom. The van der Waals surface area contributed by atoms with Gasteiger partial charge >= 0.3 is 0 Å². The van der Waals surface area contributed by atoms with E-state index in [0.29, 0.717) is 18.0 Å². The van der Waals surface area contributed by atoms with Crippen molar-refractivity contribution in [2.45, 2.75) is 46.2 Å². The molecule has 0 aromatic carbocycles. The lowest BCUT2D eigenvalue weighted by Crippen LogP contribution is -2.63. The molecule has 3 aromatic heterocycles. The molecule has 0 bridgehead atoms. The number of imide groups is 1. The summed E-state index contributed by atoms with van der Waals surface area (Å²) >= 11 is 3.90. The molecule has 2 unspecified atom stereocenters. The van der Waals surface area contributed by atoms with Crippen LogP contribution in [0.5, 0.6) is 0 Å². The fourth-order valence-corrected chi connectivity index (χ4v) is 8.46. The first kappa shape index (κ1) is 23.0. The van der Waals surface area contributed by atoms with Gasteiger partial charge < -0.3 is 10.6 Å². The molecule has 1 spiro atoms. The van der Waals surface area contributed by atoms with Crippen LogP contribution in [-0.4, -0.2) is 45.8 Å². The van der Waals surface area contributed by atoms with Crippen LogP contribution in [0.3, 0.4) is 0 Å². The van der Waals surface area contributed by atoms with Gasteiger partial charge in [0.25, 0.3) is 0 Å². The van der Waals surface area contributed by atoms with Crippen molar-refractivity contribution in [1.82, 2.24) is 20.2 Å². The van der Waals surface area contributed by atoms with Crippen molar-refractivity contribution < 1.29 is 9.59 Å². The van der Waals surface area contributed by atoms with Gasteiger partial charge in [-0.25, -0.2) is 4.98 Å². The zero-order chi connectivity index (χ0) is 25.0. The van der Waals surface area contributed by atoms with Crippen molar-refractivity contribution in [3.8, 4) is 11.3 Å². The molecular formula is C27H28IN5O2S. The SMILES string of the molecule is Cc1cc(I)nc(-c2ccnc3cc(CN4C(=O)C5C(C4=O)C5(C)C)sc23)c1NC1CC2(CNC2)C1. The number of pyridine rings is 2. The molecule has 7 rings (SSSR count). The van der Waals surface area contributed by atoms with Gasteiger partial charge in [-0.2, -0.15) is 0 Å². The summed E-state index contributed by atoms with van der Waals surface area (Å²) in [7, 11) is 0. The van der Waals surface area contributed by atoms with Crippen LogP contribution in [0.15, 0.2) is 24.4 Å². The monoisotopic (exact) mass is 613 g/mol. The van der Waals surface area contributed by atoms with Crippen molar-refractivity contribution in [3.63, 3.8) is 0 Å². The molecule has 2 amide bonds. The average molecular weight is 614 g/mol. The second-order valence-corrected chi connectivity index (χ2v) is 13.9. The van der Waals surface area contributed by atoms with Gasteiger partial charge in [-0.15, -0.1) is 11.3 Å². The molecule has 2 saturated carbocycles. The van der Waals surface area contributed by atoms with Crippen molar-refractivity contribution in [2.75, 3.05) is 18.4 Å². The van der Waals surface area contributed by atoms with Crippen LogP contribution < -0.4 is 10.6 Å². The number of anilines is 1. The Balaban J connectivity index is 1.21. The number of likely N-dealkylation sites (tertiary alicyclic amines) is 1. The Morgan fingerprint density at radius 2 is 1.92 bits per heavy atom. The number of hydrogen-bond acceptors (Lipinski definition) is 7. The summed E-state index contributed by atoms with van der Waals surface area (Å²) in [6.07, 6.45) is 4.21. The molecule has 0 radical (unpaired) electrons. The number of aromatic nitrogens is 2. The van der Waals surface area contributed by atoms with Crippen LogP contribution in [0.4, 0.5) is 5.69 Å². The highest BCUT2D eigenvalue weighted by atomic mass is 127. The molecule has 2 aliphatic heterocycles. The van der Waals surface area contributed by atoms with E-state index in [1.165, 1.54) is 23.3 Å². The van der Waals surface area contributed by atoms with Crippen molar-refractivity contribution in [1.29, 1.82) is 0 Å². The molecule has 4 aliphatic rings. The number of nitrogens with one attached hydrogen (secondary N) is 2. The molecule has 7 nitrogen and oxygen atoms in total. The summed E-state index contributed by atoms with van der Waals surface area (Å²) in [4.78, 5) is 37.8. The normalized spacial score (nSPS) is 27.2. The van der Waals surface area contributed by atoms with Gasteiger partial charge in [-0.05, 0) is 76.9 Å². The lowest BCUT2D eigenvalue weighted by atomic mass is 9.61. The summed E-state index contributed by atoms with van der Waals surface area (Å²) in [6.45, 7) is 8.75. The maximum Gasteiger partial charge on any atom is 0.234 e. The molecule has 2 atom stereocenters. The number of thiophene rings is 1. The first-order valence-corrected chi connectivity index (χ1v) is 14.4. The zero-order valence-electron chi connectivity index (χ0n) is 20.5. The van der Waals surface area contributed by atoms with Gasteiger partial charge in [-0.1, -0.05) is 13.8 Å². The third-order valence-corrected chi connectivity index (χ3v) is 10.5. The van der Waals surface area contributed by atoms with E-state index in [1.807, 2.05) is 32.2 Å². The molecule has 36 heavy (non-hydrogen) atoms. The van der Waals surface area contributed by atoms with Crippen LogP contribution in [0.2, 0.25) is 0 Å². The first-order chi connectivity index (χ1) is 17.2. The summed E-state index contributed by atoms with van der Waals surface area (Å²) in [5.74, 6) is -0.354. The topological polar surface area (TPSA) is 87.2 Å². The van der Waals surface area contributed by atoms with Crippen LogP contribution >= 0.6 is 33.9 Å². The van der Waals surface area contributed by atoms with Gasteiger partial charge in [0.1, 0.15) is 3.70 Å². The molecular weight excluding hydrogens is 585 g/mol. The summed E-state index contributed by atoms with van der Waals surface area (Å²) < 4.78 is 2.00. The van der Waals surface area contributed by atoms with Crippen molar-refractivity contribution in [2.24, 2.45) is 22.7 Å². The second kappa shape index (κ2) is 7.70. The van der Waals surface area contributed by atoms with E-state index in [-0.39, 0.29) is 29.1 Å². The largest absolute Gasteiger partial charge is 0.380 e. The highest BCUT2D eigenvalue weighted by molar-refractivity contribution is 14.1. The van der Waals surface area contributed by atoms with Gasteiger partial charge in [-0.3, -0.25) is 19.5 Å². The first-order valence-electron chi connectivity index (χ1n) is 12.5. The Kier molecular flexibility index (Phi) is 4.93. The van der Waals surface area contributed by atoms with Crippen molar-refractivity contribution in [3.05, 3.63) is 38.5 Å². The van der Waals surface area contributed by atoms with Gasteiger partial charge in [0, 0.05) is 35.8 Å². The zero-order valence-corrected chi connectivity index (χ0v) is 23.5. The van der Waals surface area contributed by atoms with E-state index in [2.05, 4.69) is 51.2 Å². The molecule has 2 N–H and O–H groups in total. The van der Waals surface area contributed by atoms with Gasteiger partial charge in [0.05, 0.1) is 40.0 Å². The second-order valence-electron chi connectivity index (χ2n) is 11.7. The molecule has 3 aromatic rings. The summed E-state index contributed by atoms with van der Waals surface area (Å²) in [5, 5.41) is 7.23. The van der Waals surface area contributed by atoms with Gasteiger partial charge in [0.15, 0.2) is 0 Å². The number of nitrogens with zero attached hydrogens (tertiary/aromatic N) is 3. The van der Waals surface area contributed by atoms with E-state index < -0.39 is 0 Å². The van der Waals surface area contributed by atoms with E-state index in [9.17, 15) is 9.59 Å². The maximum absolute atomic E-state index is 12.9. The van der Waals surface area contributed by atoms with E-state index in [1.54, 1.807) is 11.3 Å². The molecule has 4 fully saturated rings. The molecule has 2 saturated heterocycles. The third kappa shape index (κ3) is 3.31. The smallest absolute Gasteiger partial charge is 0.234 e. The fourth-order valence-electron chi connectivity index (χ4n) is 6.64. The average Bonchev–Trinajstić information content (AvgIpc) is 3.01. The Hall–Kier alpha value is -2.11. The van der Waals surface area contributed by atoms with E-state index in [4.69, 9.17) is 4.98 Å². The number of amides is 2. The number of fused-ring (bicyclic) bond motifs is 2. The highest BCUT2D eigenvalue weighted by Crippen LogP contribution is 2.63. The number of aryl methyl sites for hydroxylation is 1. The molecule has 186 valence electrons. The number of carbonyl (C=O) groups is 2. The molecule has 9 heteroatoms. The maximum atomic E-state index is 12.9. The fraction of sp³-hybridized carbons (Fsp3) is 0.481. The minimum Gasteiger partial charge on any atom is -0.380 e. The number of hydrogen-bond donors (Lipinski definition) is 2. The number of piperidine rings is 1. The van der Waals surface area contributed by atoms with Crippen LogP contribution in [0.1, 0.15) is 37.1 Å². The minimum atomic E-state index is -0.188. The Morgan fingerprint density at radius 3 is 2.58 bits per heavy atom. The van der Waals surface area contributed by atoms with Crippen LogP contribution in [-0.2, 0) is 16.1 Å². The Labute approximate surface area is 227 Å². The quantitative estimate of drug-likeness (QED) is 0.249. The lowest BCUT2D eigenvalue weighted by Gasteiger charge is -2.54. The number of rotatable bonds is 5. The minimum absolute atomic E-state index is 0.0260. The van der Waals surface area contributed by atoms with Crippen LogP contribution in [0.25, 0.3) is 21.5 Å². The number of halogens is 1. The summed E-state index contributed by atoms with van der Waals surface area (Å²) in [6, 6.07) is 6.65. The molecule has 2 aliphatic carbocycles. The lowest BCUT2D eigenvalue weighted by molar-refractivity contribution is -0.143. The van der Waals surface area contributed by atoms with E-state index in [0.717, 1.165) is 48.8 Å². The van der Waals surface area contributed by atoms with E-state index >= 15 is 0 Å².